The number of aryl methyl sites for hydroxylation is 2. The minimum atomic E-state index is -4.38. The van der Waals surface area contributed by atoms with Gasteiger partial charge in [0.05, 0.1) is 17.7 Å². The Morgan fingerprint density at radius 1 is 0.935 bits per heavy atom. The fourth-order valence-corrected chi connectivity index (χ4v) is 3.24. The van der Waals surface area contributed by atoms with Crippen LogP contribution in [0.3, 0.4) is 0 Å². The van der Waals surface area contributed by atoms with Crippen LogP contribution in [-0.4, -0.2) is 21.6 Å². The lowest BCUT2D eigenvalue weighted by molar-refractivity contribution is -0.137. The molecule has 0 saturated carbocycles. The summed E-state index contributed by atoms with van der Waals surface area (Å²) >= 11 is 0. The fraction of sp³-hybridized carbons (Fsp3) is 0.208. The van der Waals surface area contributed by atoms with E-state index in [0.717, 1.165) is 34.3 Å². The Morgan fingerprint density at radius 3 is 2.61 bits per heavy atom. The van der Waals surface area contributed by atoms with Crippen LogP contribution in [-0.2, 0) is 12.6 Å². The van der Waals surface area contributed by atoms with Crippen molar-refractivity contribution in [2.75, 3.05) is 6.61 Å². The number of halogens is 3. The van der Waals surface area contributed by atoms with E-state index in [4.69, 9.17) is 9.72 Å². The molecule has 0 atom stereocenters. The SMILES string of the molecule is Cc1ccc(-c2ncc3ccccc3n2)nc1CCCOc1cccc(C(F)(F)F)c1. The number of hydrogen-bond donors (Lipinski definition) is 0. The van der Waals surface area contributed by atoms with Crippen LogP contribution in [0, 0.1) is 6.92 Å². The Hall–Kier alpha value is -3.48. The molecule has 0 radical (unpaired) electrons. The van der Waals surface area contributed by atoms with Crippen molar-refractivity contribution in [2.45, 2.75) is 25.9 Å². The van der Waals surface area contributed by atoms with Gasteiger partial charge in [-0.05, 0) is 55.7 Å². The van der Waals surface area contributed by atoms with Gasteiger partial charge in [0.1, 0.15) is 11.4 Å². The van der Waals surface area contributed by atoms with Gasteiger partial charge >= 0.3 is 6.18 Å². The number of fused-ring (bicyclic) bond motifs is 1. The summed E-state index contributed by atoms with van der Waals surface area (Å²) in [6.45, 7) is 2.26. The summed E-state index contributed by atoms with van der Waals surface area (Å²) in [5.41, 5.74) is 2.74. The highest BCUT2D eigenvalue weighted by atomic mass is 19.4. The largest absolute Gasteiger partial charge is 0.494 e. The number of benzene rings is 2. The van der Waals surface area contributed by atoms with Crippen molar-refractivity contribution >= 4 is 10.9 Å². The molecular weight excluding hydrogens is 403 g/mol. The van der Waals surface area contributed by atoms with Gasteiger partial charge in [0, 0.05) is 17.3 Å². The normalized spacial score (nSPS) is 11.6. The lowest BCUT2D eigenvalue weighted by atomic mass is 10.1. The number of pyridine rings is 1. The maximum atomic E-state index is 12.8. The third-order valence-corrected chi connectivity index (χ3v) is 4.91. The Labute approximate surface area is 177 Å². The average Bonchev–Trinajstić information content (AvgIpc) is 2.77. The number of ether oxygens (including phenoxy) is 1. The molecule has 4 rings (SSSR count). The van der Waals surface area contributed by atoms with Crippen molar-refractivity contribution in [3.05, 3.63) is 83.7 Å². The van der Waals surface area contributed by atoms with Gasteiger partial charge in [-0.3, -0.25) is 0 Å². The molecule has 4 nitrogen and oxygen atoms in total. The van der Waals surface area contributed by atoms with E-state index in [2.05, 4.69) is 9.97 Å². The molecule has 0 N–H and O–H groups in total. The lowest BCUT2D eigenvalue weighted by Crippen LogP contribution is -2.06. The molecule has 0 fully saturated rings. The topological polar surface area (TPSA) is 47.9 Å². The molecule has 2 aromatic heterocycles. The molecule has 31 heavy (non-hydrogen) atoms. The molecule has 0 spiro atoms. The standard InChI is InChI=1S/C24H20F3N3O/c1-16-11-12-22(23-28-15-17-6-2-3-9-21(17)30-23)29-20(16)10-5-13-31-19-8-4-7-18(14-19)24(25,26)27/h2-4,6-9,11-12,14-15H,5,10,13H2,1H3. The molecule has 0 unspecified atom stereocenters. The van der Waals surface area contributed by atoms with E-state index in [1.165, 1.54) is 12.1 Å². The van der Waals surface area contributed by atoms with Crippen molar-refractivity contribution in [1.29, 1.82) is 0 Å². The molecule has 2 aromatic carbocycles. The fourth-order valence-electron chi connectivity index (χ4n) is 3.24. The first-order valence-corrected chi connectivity index (χ1v) is 9.89. The van der Waals surface area contributed by atoms with Gasteiger partial charge in [0.25, 0.3) is 0 Å². The van der Waals surface area contributed by atoms with Gasteiger partial charge in [-0.25, -0.2) is 15.0 Å². The molecule has 0 amide bonds. The molecule has 0 aliphatic carbocycles. The summed E-state index contributed by atoms with van der Waals surface area (Å²) in [5, 5.41) is 0.963. The smallest absolute Gasteiger partial charge is 0.416 e. The summed E-state index contributed by atoms with van der Waals surface area (Å²) in [6.07, 6.45) is -1.36. The van der Waals surface area contributed by atoms with Crippen molar-refractivity contribution < 1.29 is 17.9 Å². The molecule has 0 aliphatic rings. The van der Waals surface area contributed by atoms with E-state index in [1.54, 1.807) is 6.20 Å². The minimum absolute atomic E-state index is 0.206. The number of hydrogen-bond acceptors (Lipinski definition) is 4. The second kappa shape index (κ2) is 8.71. The molecule has 158 valence electrons. The summed E-state index contributed by atoms with van der Waals surface area (Å²) in [6, 6.07) is 16.5. The highest BCUT2D eigenvalue weighted by molar-refractivity contribution is 5.79. The molecule has 2 heterocycles. The summed E-state index contributed by atoms with van der Waals surface area (Å²) in [5.74, 6) is 0.762. The monoisotopic (exact) mass is 423 g/mol. The number of aromatic nitrogens is 3. The number of alkyl halides is 3. The van der Waals surface area contributed by atoms with E-state index >= 15 is 0 Å². The second-order valence-corrected chi connectivity index (χ2v) is 7.19. The second-order valence-electron chi connectivity index (χ2n) is 7.19. The molecule has 0 aliphatic heterocycles. The van der Waals surface area contributed by atoms with Crippen LogP contribution >= 0.6 is 0 Å². The Morgan fingerprint density at radius 2 is 1.77 bits per heavy atom. The van der Waals surface area contributed by atoms with Crippen LogP contribution in [0.15, 0.2) is 66.9 Å². The Balaban J connectivity index is 1.42. The van der Waals surface area contributed by atoms with Crippen LogP contribution in [0.25, 0.3) is 22.4 Å². The summed E-state index contributed by atoms with van der Waals surface area (Å²) in [7, 11) is 0. The maximum absolute atomic E-state index is 12.8. The first-order chi connectivity index (χ1) is 14.9. The van der Waals surface area contributed by atoms with Crippen LogP contribution in [0.5, 0.6) is 5.75 Å². The molecule has 7 heteroatoms. The van der Waals surface area contributed by atoms with Gasteiger partial charge < -0.3 is 4.74 Å². The summed E-state index contributed by atoms with van der Waals surface area (Å²) in [4.78, 5) is 13.7. The highest BCUT2D eigenvalue weighted by Gasteiger charge is 2.30. The minimum Gasteiger partial charge on any atom is -0.494 e. The highest BCUT2D eigenvalue weighted by Crippen LogP contribution is 2.31. The molecular formula is C24H20F3N3O. The van der Waals surface area contributed by atoms with E-state index in [1.807, 2.05) is 43.3 Å². The molecule has 0 bridgehead atoms. The number of nitrogens with zero attached hydrogens (tertiary/aromatic N) is 3. The van der Waals surface area contributed by atoms with Gasteiger partial charge in [-0.15, -0.1) is 0 Å². The van der Waals surface area contributed by atoms with Crippen LogP contribution in [0.1, 0.15) is 23.2 Å². The maximum Gasteiger partial charge on any atom is 0.416 e. The zero-order chi connectivity index (χ0) is 21.8. The van der Waals surface area contributed by atoms with Gasteiger partial charge in [0.2, 0.25) is 0 Å². The zero-order valence-corrected chi connectivity index (χ0v) is 16.9. The van der Waals surface area contributed by atoms with Crippen LogP contribution < -0.4 is 4.74 Å². The quantitative estimate of drug-likeness (QED) is 0.355. The van der Waals surface area contributed by atoms with Crippen LogP contribution in [0.2, 0.25) is 0 Å². The third kappa shape index (κ3) is 4.99. The first-order valence-electron chi connectivity index (χ1n) is 9.89. The number of para-hydroxylation sites is 1. The van der Waals surface area contributed by atoms with E-state index < -0.39 is 11.7 Å². The van der Waals surface area contributed by atoms with E-state index in [9.17, 15) is 13.2 Å². The van der Waals surface area contributed by atoms with Crippen molar-refractivity contribution in [3.8, 4) is 17.3 Å². The Kier molecular flexibility index (Phi) is 5.84. The predicted octanol–water partition coefficient (Wildman–Crippen LogP) is 6.03. The van der Waals surface area contributed by atoms with Crippen molar-refractivity contribution in [3.63, 3.8) is 0 Å². The third-order valence-electron chi connectivity index (χ3n) is 4.91. The van der Waals surface area contributed by atoms with Gasteiger partial charge in [-0.2, -0.15) is 13.2 Å². The number of rotatable bonds is 6. The zero-order valence-electron chi connectivity index (χ0n) is 16.9. The van der Waals surface area contributed by atoms with Crippen LogP contribution in [0.4, 0.5) is 13.2 Å². The Bertz CT molecular complexity index is 1210. The van der Waals surface area contributed by atoms with Gasteiger partial charge in [0.15, 0.2) is 5.82 Å². The van der Waals surface area contributed by atoms with Crippen molar-refractivity contribution in [2.24, 2.45) is 0 Å². The van der Waals surface area contributed by atoms with Gasteiger partial charge in [-0.1, -0.05) is 30.3 Å². The van der Waals surface area contributed by atoms with E-state index in [-0.39, 0.29) is 5.75 Å². The summed E-state index contributed by atoms with van der Waals surface area (Å²) < 4.78 is 44.0. The van der Waals surface area contributed by atoms with E-state index in [0.29, 0.717) is 31.0 Å². The predicted molar refractivity (Wildman–Crippen MR) is 113 cm³/mol. The van der Waals surface area contributed by atoms with Crippen molar-refractivity contribution in [1.82, 2.24) is 15.0 Å². The first kappa shape index (κ1) is 20.8. The average molecular weight is 423 g/mol. The molecule has 0 saturated heterocycles. The molecule has 4 aromatic rings. The lowest BCUT2D eigenvalue weighted by Gasteiger charge is -2.11.